The molecule has 1 rings (SSSR count). The van der Waals surface area contributed by atoms with Gasteiger partial charge >= 0.3 is 0 Å². The topological polar surface area (TPSA) is 12.0 Å². The second-order valence-corrected chi connectivity index (χ2v) is 5.26. The van der Waals surface area contributed by atoms with Gasteiger partial charge in [-0.2, -0.15) is 0 Å². The van der Waals surface area contributed by atoms with Crippen molar-refractivity contribution in [2.45, 2.75) is 31.3 Å². The Morgan fingerprint density at radius 3 is 2.71 bits per heavy atom. The van der Waals surface area contributed by atoms with E-state index < -0.39 is 0 Å². The Morgan fingerprint density at radius 1 is 1.43 bits per heavy atom. The average Bonchev–Trinajstić information content (AvgIpc) is 2.15. The van der Waals surface area contributed by atoms with Gasteiger partial charge in [-0.15, -0.1) is 11.8 Å². The fraction of sp³-hybridized carbons (Fsp3) is 0.455. The van der Waals surface area contributed by atoms with Gasteiger partial charge in [-0.05, 0) is 24.0 Å². The molecule has 0 aliphatic heterocycles. The number of hydrogen-bond donors (Lipinski definition) is 1. The van der Waals surface area contributed by atoms with E-state index >= 15 is 0 Å². The van der Waals surface area contributed by atoms with Crippen LogP contribution in [0.4, 0.5) is 0 Å². The van der Waals surface area contributed by atoms with Crippen LogP contribution in [-0.4, -0.2) is 12.3 Å². The first-order valence-electron chi connectivity index (χ1n) is 4.69. The minimum Gasteiger partial charge on any atom is -0.310 e. The van der Waals surface area contributed by atoms with Crippen LogP contribution >= 0.6 is 27.7 Å². The second-order valence-electron chi connectivity index (χ2n) is 3.49. The van der Waals surface area contributed by atoms with E-state index in [1.807, 2.05) is 0 Å². The average molecular weight is 274 g/mol. The summed E-state index contributed by atoms with van der Waals surface area (Å²) in [6, 6.07) is 6.97. The highest BCUT2D eigenvalue weighted by Gasteiger charge is 2.02. The van der Waals surface area contributed by atoms with Gasteiger partial charge in [-0.25, -0.2) is 0 Å². The molecule has 0 saturated carbocycles. The van der Waals surface area contributed by atoms with Gasteiger partial charge in [0.25, 0.3) is 0 Å². The molecule has 1 N–H and O–H groups in total. The molecule has 0 spiro atoms. The van der Waals surface area contributed by atoms with Crippen LogP contribution in [0.25, 0.3) is 0 Å². The molecule has 0 fully saturated rings. The van der Waals surface area contributed by atoms with Crippen LogP contribution in [-0.2, 0) is 6.54 Å². The van der Waals surface area contributed by atoms with Gasteiger partial charge in [0.1, 0.15) is 0 Å². The maximum absolute atomic E-state index is 3.48. The molecular weight excluding hydrogens is 258 g/mol. The molecule has 14 heavy (non-hydrogen) atoms. The molecule has 0 heterocycles. The second kappa shape index (κ2) is 5.79. The number of rotatable bonds is 4. The lowest BCUT2D eigenvalue weighted by Gasteiger charge is -2.11. The van der Waals surface area contributed by atoms with Gasteiger partial charge < -0.3 is 5.32 Å². The molecule has 0 aliphatic carbocycles. The fourth-order valence-corrected chi connectivity index (χ4v) is 2.34. The molecule has 0 aromatic heterocycles. The number of benzene rings is 1. The van der Waals surface area contributed by atoms with E-state index in [9.17, 15) is 0 Å². The van der Waals surface area contributed by atoms with E-state index in [0.717, 1.165) is 11.0 Å². The first-order valence-corrected chi connectivity index (χ1v) is 6.71. The monoisotopic (exact) mass is 273 g/mol. The Balaban J connectivity index is 2.75. The molecule has 1 aromatic rings. The standard InChI is InChI=1S/C11H16BrNS/c1-8(2)13-7-9-4-5-10(12)6-11(9)14-3/h4-6,8,13H,7H2,1-3H3. The molecule has 0 radical (unpaired) electrons. The molecule has 0 bridgehead atoms. The summed E-state index contributed by atoms with van der Waals surface area (Å²) in [4.78, 5) is 1.34. The Hall–Kier alpha value is 0.01000. The predicted molar refractivity (Wildman–Crippen MR) is 67.9 cm³/mol. The van der Waals surface area contributed by atoms with Gasteiger partial charge in [0.15, 0.2) is 0 Å². The summed E-state index contributed by atoms with van der Waals surface area (Å²) in [6.45, 7) is 5.27. The minimum atomic E-state index is 0.536. The summed E-state index contributed by atoms with van der Waals surface area (Å²) >= 11 is 5.27. The molecule has 1 nitrogen and oxygen atoms in total. The van der Waals surface area contributed by atoms with Gasteiger partial charge in [0, 0.05) is 22.0 Å². The summed E-state index contributed by atoms with van der Waals surface area (Å²) in [5.74, 6) is 0. The van der Waals surface area contributed by atoms with Crippen molar-refractivity contribution in [3.05, 3.63) is 28.2 Å². The summed E-state index contributed by atoms with van der Waals surface area (Å²) in [5.41, 5.74) is 1.37. The van der Waals surface area contributed by atoms with Crippen molar-refractivity contribution in [2.75, 3.05) is 6.26 Å². The fourth-order valence-electron chi connectivity index (χ4n) is 1.18. The molecule has 1 aromatic carbocycles. The van der Waals surface area contributed by atoms with Gasteiger partial charge in [-0.3, -0.25) is 0 Å². The third-order valence-electron chi connectivity index (χ3n) is 1.95. The lowest BCUT2D eigenvalue weighted by atomic mass is 10.2. The smallest absolute Gasteiger partial charge is 0.0218 e. The largest absolute Gasteiger partial charge is 0.310 e. The zero-order valence-corrected chi connectivity index (χ0v) is 11.2. The predicted octanol–water partition coefficient (Wildman–Crippen LogP) is 3.67. The molecule has 0 saturated heterocycles. The van der Waals surface area contributed by atoms with E-state index in [0.29, 0.717) is 6.04 Å². The number of halogens is 1. The SMILES string of the molecule is CSc1cc(Br)ccc1CNC(C)C. The summed E-state index contributed by atoms with van der Waals surface area (Å²) in [7, 11) is 0. The highest BCUT2D eigenvalue weighted by Crippen LogP contribution is 2.24. The van der Waals surface area contributed by atoms with Crippen molar-refractivity contribution in [2.24, 2.45) is 0 Å². The Bertz CT molecular complexity index is 299. The van der Waals surface area contributed by atoms with Crippen molar-refractivity contribution >= 4 is 27.7 Å². The molecule has 0 aliphatic rings. The van der Waals surface area contributed by atoms with Crippen molar-refractivity contribution < 1.29 is 0 Å². The van der Waals surface area contributed by atoms with Gasteiger partial charge in [0.05, 0.1) is 0 Å². The van der Waals surface area contributed by atoms with E-state index in [4.69, 9.17) is 0 Å². The quantitative estimate of drug-likeness (QED) is 0.841. The third-order valence-corrected chi connectivity index (χ3v) is 3.26. The number of nitrogens with one attached hydrogen (secondary N) is 1. The Kier molecular flexibility index (Phi) is 4.99. The molecule has 78 valence electrons. The summed E-state index contributed by atoms with van der Waals surface area (Å²) in [5, 5.41) is 3.43. The van der Waals surface area contributed by atoms with Crippen LogP contribution in [0.2, 0.25) is 0 Å². The van der Waals surface area contributed by atoms with Crippen LogP contribution in [0.1, 0.15) is 19.4 Å². The first kappa shape index (κ1) is 12.1. The Morgan fingerprint density at radius 2 is 2.14 bits per heavy atom. The maximum Gasteiger partial charge on any atom is 0.0218 e. The van der Waals surface area contributed by atoms with Crippen LogP contribution in [0, 0.1) is 0 Å². The van der Waals surface area contributed by atoms with Crippen molar-refractivity contribution in [3.8, 4) is 0 Å². The van der Waals surface area contributed by atoms with Crippen LogP contribution in [0.15, 0.2) is 27.6 Å². The molecule has 0 atom stereocenters. The minimum absolute atomic E-state index is 0.536. The molecule has 0 amide bonds. The van der Waals surface area contributed by atoms with Crippen molar-refractivity contribution in [1.29, 1.82) is 0 Å². The highest BCUT2D eigenvalue weighted by molar-refractivity contribution is 9.10. The normalized spacial score (nSPS) is 10.9. The summed E-state index contributed by atoms with van der Waals surface area (Å²) < 4.78 is 1.15. The van der Waals surface area contributed by atoms with Crippen LogP contribution in [0.5, 0.6) is 0 Å². The van der Waals surface area contributed by atoms with E-state index in [1.54, 1.807) is 11.8 Å². The zero-order chi connectivity index (χ0) is 10.6. The number of hydrogen-bond acceptors (Lipinski definition) is 2. The van der Waals surface area contributed by atoms with Crippen LogP contribution in [0.3, 0.4) is 0 Å². The van der Waals surface area contributed by atoms with E-state index in [2.05, 4.69) is 59.5 Å². The summed E-state index contributed by atoms with van der Waals surface area (Å²) in [6.07, 6.45) is 2.11. The van der Waals surface area contributed by atoms with E-state index in [1.165, 1.54) is 10.5 Å². The van der Waals surface area contributed by atoms with E-state index in [-0.39, 0.29) is 0 Å². The van der Waals surface area contributed by atoms with Gasteiger partial charge in [-0.1, -0.05) is 35.8 Å². The zero-order valence-electron chi connectivity index (χ0n) is 8.80. The van der Waals surface area contributed by atoms with Crippen molar-refractivity contribution in [3.63, 3.8) is 0 Å². The first-order chi connectivity index (χ1) is 6.63. The van der Waals surface area contributed by atoms with Gasteiger partial charge in [0.2, 0.25) is 0 Å². The molecule has 3 heteroatoms. The lowest BCUT2D eigenvalue weighted by Crippen LogP contribution is -2.22. The molecule has 0 unspecified atom stereocenters. The molecular formula is C11H16BrNS. The highest BCUT2D eigenvalue weighted by atomic mass is 79.9. The third kappa shape index (κ3) is 3.64. The number of thioether (sulfide) groups is 1. The van der Waals surface area contributed by atoms with Crippen molar-refractivity contribution in [1.82, 2.24) is 5.32 Å². The van der Waals surface area contributed by atoms with Crippen LogP contribution < -0.4 is 5.32 Å². The Labute approximate surface area is 98.8 Å². The maximum atomic E-state index is 3.48. The lowest BCUT2D eigenvalue weighted by molar-refractivity contribution is 0.584.